The highest BCUT2D eigenvalue weighted by Crippen LogP contribution is 2.28. The van der Waals surface area contributed by atoms with Crippen molar-refractivity contribution in [3.63, 3.8) is 0 Å². The molecule has 7 nitrogen and oxygen atoms in total. The number of carbonyl (C=O) groups is 1. The number of piperidine rings is 1. The average molecular weight is 483 g/mol. The molecule has 2 aliphatic rings. The Morgan fingerprint density at radius 1 is 1.31 bits per heavy atom. The van der Waals surface area contributed by atoms with Crippen LogP contribution in [-0.2, 0) is 17.9 Å². The Balaban J connectivity index is 0.00000167. The molecule has 2 atom stereocenters. The number of likely N-dealkylation sites (tertiary alicyclic amines) is 1. The van der Waals surface area contributed by atoms with E-state index in [1.165, 1.54) is 29.8 Å². The van der Waals surface area contributed by atoms with Gasteiger partial charge in [0.15, 0.2) is 11.6 Å². The fourth-order valence-electron chi connectivity index (χ4n) is 4.52. The fraction of sp³-hybridized carbons (Fsp3) is 0.519. The Morgan fingerprint density at radius 2 is 2.09 bits per heavy atom. The second kappa shape index (κ2) is 12.6. The van der Waals surface area contributed by atoms with Gasteiger partial charge < -0.3 is 15.5 Å². The first-order valence-corrected chi connectivity index (χ1v) is 12.8. The number of benzene rings is 1. The lowest BCUT2D eigenvalue weighted by molar-refractivity contribution is -0.127. The number of anilines is 3. The number of hydrogen-bond donors (Lipinski definition) is 2. The molecule has 0 radical (unpaired) electrons. The molecule has 0 saturated carbocycles. The molecule has 3 heterocycles. The Hall–Kier alpha value is -3.00. The molecule has 0 bridgehead atoms. The molecule has 190 valence electrons. The average Bonchev–Trinajstić information content (AvgIpc) is 3.28. The molecule has 1 fully saturated rings. The molecule has 2 aliphatic heterocycles. The zero-order chi connectivity index (χ0) is 25.4. The minimum atomic E-state index is -0.512. The van der Waals surface area contributed by atoms with Crippen LogP contribution in [0.4, 0.5) is 21.8 Å². The van der Waals surface area contributed by atoms with E-state index in [1.807, 2.05) is 19.9 Å². The number of aromatic nitrogens is 2. The molecule has 0 spiro atoms. The molecule has 1 aromatic heterocycles. The van der Waals surface area contributed by atoms with Crippen molar-refractivity contribution in [2.45, 2.75) is 66.1 Å². The summed E-state index contributed by atoms with van der Waals surface area (Å²) in [6, 6.07) is 6.22. The van der Waals surface area contributed by atoms with Crippen molar-refractivity contribution in [2.24, 2.45) is 5.92 Å². The van der Waals surface area contributed by atoms with Gasteiger partial charge in [-0.25, -0.2) is 9.37 Å². The quantitative estimate of drug-likeness (QED) is 0.495. The monoisotopic (exact) mass is 482 g/mol. The number of halogens is 1. The molecular formula is C27H39FN6O. The van der Waals surface area contributed by atoms with E-state index in [-0.39, 0.29) is 17.8 Å². The molecule has 2 N–H and O–H groups in total. The Kier molecular flexibility index (Phi) is 9.60. The van der Waals surface area contributed by atoms with Crippen LogP contribution in [0, 0.1) is 11.7 Å². The first-order valence-electron chi connectivity index (χ1n) is 12.8. The molecule has 2 unspecified atom stereocenters. The second-order valence-electron chi connectivity index (χ2n) is 9.15. The number of fused-ring (bicyclic) bond motifs is 1. The normalized spacial score (nSPS) is 18.2. The van der Waals surface area contributed by atoms with E-state index >= 15 is 0 Å². The van der Waals surface area contributed by atoms with E-state index in [2.05, 4.69) is 58.1 Å². The van der Waals surface area contributed by atoms with Gasteiger partial charge >= 0.3 is 0 Å². The second-order valence-corrected chi connectivity index (χ2v) is 9.15. The van der Waals surface area contributed by atoms with Crippen LogP contribution in [0.15, 0.2) is 37.1 Å². The first-order chi connectivity index (χ1) is 16.9. The number of hydrogen-bond acceptors (Lipinski definition) is 6. The Morgan fingerprint density at radius 3 is 2.83 bits per heavy atom. The zero-order valence-corrected chi connectivity index (χ0v) is 21.5. The topological polar surface area (TPSA) is 73.4 Å². The first kappa shape index (κ1) is 26.6. The minimum absolute atomic E-state index is 0.0728. The van der Waals surface area contributed by atoms with Crippen LogP contribution in [0.2, 0.25) is 0 Å². The zero-order valence-electron chi connectivity index (χ0n) is 21.5. The predicted octanol–water partition coefficient (Wildman–Crippen LogP) is 5.34. The van der Waals surface area contributed by atoms with Crippen molar-refractivity contribution in [1.82, 2.24) is 19.8 Å². The molecule has 0 aliphatic carbocycles. The molecule has 2 aromatic rings. The summed E-state index contributed by atoms with van der Waals surface area (Å²) in [5, 5.41) is 6.37. The number of amides is 1. The van der Waals surface area contributed by atoms with Crippen LogP contribution in [0.5, 0.6) is 0 Å². The van der Waals surface area contributed by atoms with Gasteiger partial charge in [-0.15, -0.1) is 0 Å². The van der Waals surface area contributed by atoms with E-state index < -0.39 is 5.82 Å². The Bertz CT molecular complexity index is 1010. The maximum atomic E-state index is 14.4. The summed E-state index contributed by atoms with van der Waals surface area (Å²) in [6.07, 6.45) is 5.36. The highest BCUT2D eigenvalue weighted by molar-refractivity contribution is 5.87. The van der Waals surface area contributed by atoms with E-state index in [4.69, 9.17) is 0 Å². The smallest absolute Gasteiger partial charge is 0.246 e. The molecule has 1 amide bonds. The van der Waals surface area contributed by atoms with Gasteiger partial charge in [-0.3, -0.25) is 9.69 Å². The van der Waals surface area contributed by atoms with E-state index in [9.17, 15) is 9.18 Å². The van der Waals surface area contributed by atoms with Crippen molar-refractivity contribution >= 4 is 23.4 Å². The highest BCUT2D eigenvalue weighted by Gasteiger charge is 2.24. The van der Waals surface area contributed by atoms with Crippen molar-refractivity contribution in [2.75, 3.05) is 30.3 Å². The van der Waals surface area contributed by atoms with Crippen LogP contribution in [0.25, 0.3) is 0 Å². The summed E-state index contributed by atoms with van der Waals surface area (Å²) >= 11 is 0. The number of nitrogens with zero attached hydrogens (tertiary/aromatic N) is 4. The lowest BCUT2D eigenvalue weighted by Crippen LogP contribution is -2.44. The third kappa shape index (κ3) is 7.01. The van der Waals surface area contributed by atoms with E-state index in [0.717, 1.165) is 38.2 Å². The van der Waals surface area contributed by atoms with Crippen molar-refractivity contribution in [1.29, 1.82) is 0 Å². The molecule has 8 heteroatoms. The summed E-state index contributed by atoms with van der Waals surface area (Å²) < 4.78 is 14.4. The maximum Gasteiger partial charge on any atom is 0.246 e. The van der Waals surface area contributed by atoms with Crippen molar-refractivity contribution in [3.8, 4) is 0 Å². The Labute approximate surface area is 208 Å². The number of carbonyl (C=O) groups excluding carboxylic acids is 1. The van der Waals surface area contributed by atoms with Crippen LogP contribution < -0.4 is 10.6 Å². The molecule has 1 saturated heterocycles. The fourth-order valence-corrected chi connectivity index (χ4v) is 4.52. The predicted molar refractivity (Wildman–Crippen MR) is 140 cm³/mol. The van der Waals surface area contributed by atoms with Crippen molar-refractivity contribution in [3.05, 3.63) is 54.0 Å². The number of rotatable bonds is 8. The van der Waals surface area contributed by atoms with Crippen LogP contribution in [0.1, 0.15) is 58.1 Å². The summed E-state index contributed by atoms with van der Waals surface area (Å²) in [5.74, 6) is 0.546. The van der Waals surface area contributed by atoms with E-state index in [0.29, 0.717) is 25.0 Å². The van der Waals surface area contributed by atoms with Gasteiger partial charge in [-0.05, 0) is 48.1 Å². The van der Waals surface area contributed by atoms with Crippen LogP contribution in [-0.4, -0.2) is 51.4 Å². The molecule has 35 heavy (non-hydrogen) atoms. The van der Waals surface area contributed by atoms with Crippen molar-refractivity contribution < 1.29 is 9.18 Å². The summed E-state index contributed by atoms with van der Waals surface area (Å²) in [6.45, 7) is 16.3. The van der Waals surface area contributed by atoms with Gasteiger partial charge in [0.25, 0.3) is 0 Å². The summed E-state index contributed by atoms with van der Waals surface area (Å²) in [7, 11) is 0. The maximum absolute atomic E-state index is 14.4. The van der Waals surface area contributed by atoms with Gasteiger partial charge in [0, 0.05) is 44.5 Å². The third-order valence-electron chi connectivity index (χ3n) is 6.51. The third-order valence-corrected chi connectivity index (χ3v) is 6.51. The largest absolute Gasteiger partial charge is 0.363 e. The van der Waals surface area contributed by atoms with Gasteiger partial charge in [0.05, 0.1) is 6.20 Å². The SMILES string of the molecule is C=CC(=O)N1CCCC(Nc2nc(Nc3ccc4c(c3)CN(CC(C)CC)C4)ncc2F)C1.CC. The standard InChI is InChI=1S/C25H33FN6O.C2H6/c1-4-17(3)13-31-14-18-8-9-20(11-19(18)15-31)29-25-27-12-22(26)24(30-25)28-21-7-6-10-32(16-21)23(33)5-2;1-2/h5,8-9,11-12,17,21H,2,4,6-7,10,13-16H2,1,3H3,(H2,27,28,29,30);1-2H3. The van der Waals surface area contributed by atoms with E-state index in [1.54, 1.807) is 4.90 Å². The minimum Gasteiger partial charge on any atom is -0.363 e. The van der Waals surface area contributed by atoms with Gasteiger partial charge in [-0.2, -0.15) is 4.98 Å². The van der Waals surface area contributed by atoms with Crippen LogP contribution >= 0.6 is 0 Å². The lowest BCUT2D eigenvalue weighted by atomic mass is 10.1. The number of nitrogens with one attached hydrogen (secondary N) is 2. The van der Waals surface area contributed by atoms with Crippen LogP contribution in [0.3, 0.4) is 0 Å². The summed E-state index contributed by atoms with van der Waals surface area (Å²) in [4.78, 5) is 24.6. The lowest BCUT2D eigenvalue weighted by Gasteiger charge is -2.32. The molecular weight excluding hydrogens is 443 g/mol. The highest BCUT2D eigenvalue weighted by atomic mass is 19.1. The van der Waals surface area contributed by atoms with Gasteiger partial charge in [-0.1, -0.05) is 46.8 Å². The van der Waals surface area contributed by atoms with Gasteiger partial charge in [0.1, 0.15) is 0 Å². The molecule has 1 aromatic carbocycles. The summed E-state index contributed by atoms with van der Waals surface area (Å²) in [5.41, 5.74) is 3.54. The molecule has 4 rings (SSSR count). The van der Waals surface area contributed by atoms with Gasteiger partial charge in [0.2, 0.25) is 11.9 Å².